The van der Waals surface area contributed by atoms with Crippen LogP contribution in [0.2, 0.25) is 0 Å². The third kappa shape index (κ3) is 3.01. The number of fused-ring (bicyclic) bond motifs is 1. The first-order valence-electron chi connectivity index (χ1n) is 8.45. The van der Waals surface area contributed by atoms with Gasteiger partial charge in [0.05, 0.1) is 19.4 Å². The molecule has 132 valence electrons. The topological polar surface area (TPSA) is 76.2 Å². The molecule has 0 spiro atoms. The summed E-state index contributed by atoms with van der Waals surface area (Å²) in [4.78, 5) is 12.5. The molecule has 0 aliphatic carbocycles. The van der Waals surface area contributed by atoms with E-state index in [1.165, 1.54) is 0 Å². The summed E-state index contributed by atoms with van der Waals surface area (Å²) in [6.45, 7) is 1.09. The van der Waals surface area contributed by atoms with E-state index in [0.717, 1.165) is 16.9 Å². The van der Waals surface area contributed by atoms with Crippen LogP contribution in [0.1, 0.15) is 22.0 Å². The van der Waals surface area contributed by atoms with Crippen LogP contribution in [0.25, 0.3) is 11.3 Å². The van der Waals surface area contributed by atoms with Crippen molar-refractivity contribution < 1.29 is 14.3 Å². The van der Waals surface area contributed by atoms with Crippen molar-refractivity contribution in [3.8, 4) is 22.8 Å². The van der Waals surface area contributed by atoms with Crippen molar-refractivity contribution in [3.05, 3.63) is 65.9 Å². The molecule has 2 heterocycles. The van der Waals surface area contributed by atoms with Crippen LogP contribution in [0.15, 0.2) is 54.6 Å². The molecule has 6 nitrogen and oxygen atoms in total. The highest BCUT2D eigenvalue weighted by Gasteiger charge is 2.24. The number of nitrogens with zero attached hydrogens (tertiary/aromatic N) is 1. The number of aromatic nitrogens is 2. The number of carbonyl (C=O) groups is 1. The Hall–Kier alpha value is -3.28. The molecule has 0 fully saturated rings. The van der Waals surface area contributed by atoms with Gasteiger partial charge in [-0.25, -0.2) is 0 Å². The predicted octanol–water partition coefficient (Wildman–Crippen LogP) is 2.99. The van der Waals surface area contributed by atoms with Crippen LogP contribution in [0.4, 0.5) is 0 Å². The zero-order chi connectivity index (χ0) is 17.9. The van der Waals surface area contributed by atoms with Gasteiger partial charge in [-0.3, -0.25) is 9.89 Å². The van der Waals surface area contributed by atoms with Crippen LogP contribution in [-0.2, 0) is 0 Å². The maximum atomic E-state index is 12.5. The SMILES string of the molecule is COc1ccccc1-c1cc(C(=O)NCC2COc3ccccc32)[nH]n1. The highest BCUT2D eigenvalue weighted by molar-refractivity contribution is 5.93. The number of ether oxygens (including phenoxy) is 2. The Morgan fingerprint density at radius 1 is 1.27 bits per heavy atom. The summed E-state index contributed by atoms with van der Waals surface area (Å²) >= 11 is 0. The third-order valence-electron chi connectivity index (χ3n) is 4.51. The minimum Gasteiger partial charge on any atom is -0.496 e. The van der Waals surface area contributed by atoms with E-state index in [1.54, 1.807) is 13.2 Å². The van der Waals surface area contributed by atoms with Gasteiger partial charge in [0.2, 0.25) is 0 Å². The molecule has 2 aromatic carbocycles. The average molecular weight is 349 g/mol. The van der Waals surface area contributed by atoms with Crippen LogP contribution < -0.4 is 14.8 Å². The number of hydrogen-bond donors (Lipinski definition) is 2. The van der Waals surface area contributed by atoms with Gasteiger partial charge in [-0.05, 0) is 24.3 Å². The quantitative estimate of drug-likeness (QED) is 0.742. The van der Waals surface area contributed by atoms with Crippen molar-refractivity contribution >= 4 is 5.91 Å². The molecule has 1 atom stereocenters. The lowest BCUT2D eigenvalue weighted by molar-refractivity contribution is 0.0945. The van der Waals surface area contributed by atoms with Gasteiger partial charge in [-0.15, -0.1) is 0 Å². The lowest BCUT2D eigenvalue weighted by atomic mass is 10.0. The molecule has 1 aliphatic heterocycles. The Labute approximate surface area is 151 Å². The summed E-state index contributed by atoms with van der Waals surface area (Å²) < 4.78 is 11.0. The molecule has 0 radical (unpaired) electrons. The molecule has 1 aromatic heterocycles. The summed E-state index contributed by atoms with van der Waals surface area (Å²) in [5.74, 6) is 1.58. The lowest BCUT2D eigenvalue weighted by Crippen LogP contribution is -2.29. The van der Waals surface area contributed by atoms with Crippen molar-refractivity contribution in [2.45, 2.75) is 5.92 Å². The normalized spacial score (nSPS) is 15.2. The van der Waals surface area contributed by atoms with Gasteiger partial charge >= 0.3 is 0 Å². The maximum Gasteiger partial charge on any atom is 0.269 e. The average Bonchev–Trinajstić information content (AvgIpc) is 3.33. The first-order valence-corrected chi connectivity index (χ1v) is 8.45. The number of benzene rings is 2. The summed E-state index contributed by atoms with van der Waals surface area (Å²) in [6.07, 6.45) is 0. The van der Waals surface area contributed by atoms with Gasteiger partial charge in [0.1, 0.15) is 17.2 Å². The Bertz CT molecular complexity index is 935. The molecule has 1 aliphatic rings. The molecule has 2 N–H and O–H groups in total. The molecule has 1 amide bonds. The highest BCUT2D eigenvalue weighted by Crippen LogP contribution is 2.33. The number of hydrogen-bond acceptors (Lipinski definition) is 4. The molecule has 0 saturated heterocycles. The van der Waals surface area contributed by atoms with E-state index < -0.39 is 0 Å². The van der Waals surface area contributed by atoms with E-state index in [9.17, 15) is 4.79 Å². The number of amides is 1. The minimum atomic E-state index is -0.192. The molecule has 3 aromatic rings. The van der Waals surface area contributed by atoms with Crippen molar-refractivity contribution in [3.63, 3.8) is 0 Å². The predicted molar refractivity (Wildman–Crippen MR) is 97.6 cm³/mol. The van der Waals surface area contributed by atoms with Gasteiger partial charge in [0.15, 0.2) is 0 Å². The van der Waals surface area contributed by atoms with Crippen LogP contribution in [0.5, 0.6) is 11.5 Å². The largest absolute Gasteiger partial charge is 0.496 e. The Balaban J connectivity index is 1.44. The van der Waals surface area contributed by atoms with Crippen molar-refractivity contribution in [1.29, 1.82) is 0 Å². The zero-order valence-electron chi connectivity index (χ0n) is 14.4. The second kappa shape index (κ2) is 6.92. The van der Waals surface area contributed by atoms with E-state index >= 15 is 0 Å². The van der Waals surface area contributed by atoms with Gasteiger partial charge in [0.25, 0.3) is 5.91 Å². The van der Waals surface area contributed by atoms with Crippen molar-refractivity contribution in [2.75, 3.05) is 20.3 Å². The summed E-state index contributed by atoms with van der Waals surface area (Å²) in [6, 6.07) is 17.2. The Morgan fingerprint density at radius 3 is 2.96 bits per heavy atom. The minimum absolute atomic E-state index is 0.159. The van der Waals surface area contributed by atoms with Gasteiger partial charge in [-0.2, -0.15) is 5.10 Å². The smallest absolute Gasteiger partial charge is 0.269 e. The zero-order valence-corrected chi connectivity index (χ0v) is 14.4. The molecular weight excluding hydrogens is 330 g/mol. The first kappa shape index (κ1) is 16.2. The molecular formula is C20H19N3O3. The lowest BCUT2D eigenvalue weighted by Gasteiger charge is -2.09. The van der Waals surface area contributed by atoms with Crippen LogP contribution in [-0.4, -0.2) is 36.4 Å². The molecule has 0 saturated carbocycles. The van der Waals surface area contributed by atoms with E-state index in [1.807, 2.05) is 48.5 Å². The Kier molecular flexibility index (Phi) is 4.31. The van der Waals surface area contributed by atoms with E-state index in [4.69, 9.17) is 9.47 Å². The number of H-pyrrole nitrogens is 1. The molecule has 26 heavy (non-hydrogen) atoms. The van der Waals surface area contributed by atoms with Crippen LogP contribution in [0, 0.1) is 0 Å². The monoisotopic (exact) mass is 349 g/mol. The Morgan fingerprint density at radius 2 is 2.08 bits per heavy atom. The standard InChI is InChI=1S/C20H19N3O3/c1-25-18-8-4-3-7-15(18)16-10-17(23-22-16)20(24)21-11-13-12-26-19-9-5-2-6-14(13)19/h2-10,13H,11-12H2,1H3,(H,21,24)(H,22,23). The van der Waals surface area contributed by atoms with Gasteiger partial charge in [-0.1, -0.05) is 30.3 Å². The number of carbonyl (C=O) groups excluding carboxylic acids is 1. The fourth-order valence-corrected chi connectivity index (χ4v) is 3.14. The molecule has 4 rings (SSSR count). The van der Waals surface area contributed by atoms with Gasteiger partial charge in [0, 0.05) is 23.6 Å². The fraction of sp³-hybridized carbons (Fsp3) is 0.200. The summed E-state index contributed by atoms with van der Waals surface area (Å²) in [5.41, 5.74) is 3.05. The van der Waals surface area contributed by atoms with Crippen LogP contribution >= 0.6 is 0 Å². The molecule has 1 unspecified atom stereocenters. The van der Waals surface area contributed by atoms with E-state index in [2.05, 4.69) is 15.5 Å². The number of para-hydroxylation sites is 2. The van der Waals surface area contributed by atoms with E-state index in [-0.39, 0.29) is 11.8 Å². The maximum absolute atomic E-state index is 12.5. The molecule has 0 bridgehead atoms. The van der Waals surface area contributed by atoms with Crippen molar-refractivity contribution in [2.24, 2.45) is 0 Å². The number of aromatic amines is 1. The summed E-state index contributed by atoms with van der Waals surface area (Å²) in [5, 5.41) is 10.00. The van der Waals surface area contributed by atoms with Gasteiger partial charge < -0.3 is 14.8 Å². The summed E-state index contributed by atoms with van der Waals surface area (Å²) in [7, 11) is 1.61. The number of methoxy groups -OCH3 is 1. The van der Waals surface area contributed by atoms with E-state index in [0.29, 0.717) is 30.3 Å². The second-order valence-electron chi connectivity index (χ2n) is 6.12. The number of nitrogens with one attached hydrogen (secondary N) is 2. The highest BCUT2D eigenvalue weighted by atomic mass is 16.5. The van der Waals surface area contributed by atoms with Crippen molar-refractivity contribution in [1.82, 2.24) is 15.5 Å². The third-order valence-corrected chi connectivity index (χ3v) is 4.51. The van der Waals surface area contributed by atoms with Crippen LogP contribution in [0.3, 0.4) is 0 Å². The number of rotatable bonds is 5. The molecule has 6 heteroatoms. The first-order chi connectivity index (χ1) is 12.8. The fourth-order valence-electron chi connectivity index (χ4n) is 3.14. The second-order valence-corrected chi connectivity index (χ2v) is 6.12.